The second-order valence-electron chi connectivity index (χ2n) is 7.63. The van der Waals surface area contributed by atoms with E-state index in [-0.39, 0.29) is 11.3 Å². The number of aryl methyl sites for hydroxylation is 1. The Morgan fingerprint density at radius 2 is 1.41 bits per heavy atom. The Kier molecular flexibility index (Phi) is 5.25. The minimum absolute atomic E-state index is 0.145. The molecule has 0 bridgehead atoms. The lowest BCUT2D eigenvalue weighted by Gasteiger charge is -2.14. The molecule has 0 saturated heterocycles. The van der Waals surface area contributed by atoms with Gasteiger partial charge in [0.1, 0.15) is 11.6 Å². The second kappa shape index (κ2) is 8.14. The molecule has 0 atom stereocenters. The molecule has 34 heavy (non-hydrogen) atoms. The number of benzene rings is 3. The maximum Gasteiger partial charge on any atom is 0.416 e. The molecule has 2 heterocycles. The van der Waals surface area contributed by atoms with Crippen LogP contribution in [0, 0.1) is 6.92 Å². The molecule has 170 valence electrons. The minimum atomic E-state index is -4.48. The number of aromatic nitrogens is 4. The van der Waals surface area contributed by atoms with E-state index in [4.69, 9.17) is 16.6 Å². The molecule has 0 N–H and O–H groups in total. The number of fused-ring (bicyclic) bond motifs is 1. The molecule has 0 fully saturated rings. The van der Waals surface area contributed by atoms with Crippen LogP contribution in [0.1, 0.15) is 11.4 Å². The summed E-state index contributed by atoms with van der Waals surface area (Å²) in [6.45, 7) is 1.76. The van der Waals surface area contributed by atoms with Gasteiger partial charge in [-0.3, -0.25) is 13.9 Å². The Hall–Kier alpha value is -3.91. The summed E-state index contributed by atoms with van der Waals surface area (Å²) in [5.74, 6) is 0.739. The summed E-state index contributed by atoms with van der Waals surface area (Å²) >= 11 is 6.02. The standard InChI is InChI=1S/C25H16ClF3N4O/c1-15-30-21-23(32(15)19-5-3-2-4-6-19)31-22(16-7-9-17(10-8-16)25(27,28)29)33(24(21)34)20-13-11-18(26)12-14-20/h2-14H,1H3. The van der Waals surface area contributed by atoms with E-state index in [2.05, 4.69) is 4.98 Å². The molecule has 3 aromatic carbocycles. The first-order chi connectivity index (χ1) is 16.2. The van der Waals surface area contributed by atoms with E-state index in [9.17, 15) is 18.0 Å². The van der Waals surface area contributed by atoms with Crippen LogP contribution in [0.5, 0.6) is 0 Å². The van der Waals surface area contributed by atoms with Crippen LogP contribution < -0.4 is 5.56 Å². The fraction of sp³-hybridized carbons (Fsp3) is 0.0800. The van der Waals surface area contributed by atoms with Crippen LogP contribution in [0.2, 0.25) is 5.02 Å². The first kappa shape index (κ1) is 21.9. The normalized spacial score (nSPS) is 11.8. The monoisotopic (exact) mass is 480 g/mol. The lowest BCUT2D eigenvalue weighted by Crippen LogP contribution is -2.22. The van der Waals surface area contributed by atoms with Crippen molar-refractivity contribution < 1.29 is 13.2 Å². The predicted molar refractivity (Wildman–Crippen MR) is 125 cm³/mol. The zero-order valence-electron chi connectivity index (χ0n) is 17.7. The summed E-state index contributed by atoms with van der Waals surface area (Å²) in [4.78, 5) is 22.9. The first-order valence-electron chi connectivity index (χ1n) is 10.2. The van der Waals surface area contributed by atoms with Crippen LogP contribution >= 0.6 is 11.6 Å². The van der Waals surface area contributed by atoms with E-state index in [1.54, 1.807) is 35.8 Å². The van der Waals surface area contributed by atoms with Gasteiger partial charge in [-0.1, -0.05) is 41.9 Å². The molecule has 0 aliphatic rings. The fourth-order valence-electron chi connectivity index (χ4n) is 3.84. The minimum Gasteiger partial charge on any atom is -0.281 e. The van der Waals surface area contributed by atoms with Gasteiger partial charge in [0.25, 0.3) is 5.56 Å². The highest BCUT2D eigenvalue weighted by atomic mass is 35.5. The molecule has 0 radical (unpaired) electrons. The molecule has 0 aliphatic carbocycles. The molecular formula is C25H16ClF3N4O. The van der Waals surface area contributed by atoms with Gasteiger partial charge < -0.3 is 0 Å². The molecule has 0 unspecified atom stereocenters. The Bertz CT molecular complexity index is 1560. The Labute approximate surface area is 196 Å². The molecule has 0 spiro atoms. The molecular weight excluding hydrogens is 465 g/mol. The van der Waals surface area contributed by atoms with Gasteiger partial charge >= 0.3 is 6.18 Å². The zero-order chi connectivity index (χ0) is 24.0. The molecule has 0 amide bonds. The van der Waals surface area contributed by atoms with Gasteiger partial charge in [-0.05, 0) is 55.5 Å². The summed E-state index contributed by atoms with van der Waals surface area (Å²) in [6, 6.07) is 20.4. The quantitative estimate of drug-likeness (QED) is 0.308. The van der Waals surface area contributed by atoms with Gasteiger partial charge in [0.15, 0.2) is 11.2 Å². The summed E-state index contributed by atoms with van der Waals surface area (Å²) in [7, 11) is 0. The SMILES string of the molecule is Cc1nc2c(=O)n(-c3ccc(Cl)cc3)c(-c3ccc(C(F)(F)F)cc3)nc2n1-c1ccccc1. The highest BCUT2D eigenvalue weighted by molar-refractivity contribution is 6.30. The van der Waals surface area contributed by atoms with Gasteiger partial charge in [0.05, 0.1) is 11.3 Å². The topological polar surface area (TPSA) is 52.7 Å². The molecule has 9 heteroatoms. The lowest BCUT2D eigenvalue weighted by molar-refractivity contribution is -0.137. The number of nitrogens with zero attached hydrogens (tertiary/aromatic N) is 4. The van der Waals surface area contributed by atoms with Gasteiger partial charge in [0, 0.05) is 16.3 Å². The molecule has 0 aliphatic heterocycles. The van der Waals surface area contributed by atoms with E-state index < -0.39 is 17.3 Å². The van der Waals surface area contributed by atoms with E-state index in [1.165, 1.54) is 16.7 Å². The van der Waals surface area contributed by atoms with Crippen molar-refractivity contribution in [3.63, 3.8) is 0 Å². The summed E-state index contributed by atoms with van der Waals surface area (Å²) < 4.78 is 42.5. The van der Waals surface area contributed by atoms with Crippen molar-refractivity contribution in [3.05, 3.63) is 106 Å². The summed E-state index contributed by atoms with van der Waals surface area (Å²) in [6.07, 6.45) is -4.48. The van der Waals surface area contributed by atoms with Gasteiger partial charge in [-0.2, -0.15) is 13.2 Å². The third-order valence-corrected chi connectivity index (χ3v) is 5.67. The smallest absolute Gasteiger partial charge is 0.281 e. The van der Waals surface area contributed by atoms with Crippen LogP contribution in [0.3, 0.4) is 0 Å². The fourth-order valence-corrected chi connectivity index (χ4v) is 3.96. The summed E-state index contributed by atoms with van der Waals surface area (Å²) in [5.41, 5.74) is 0.798. The highest BCUT2D eigenvalue weighted by Gasteiger charge is 2.30. The number of rotatable bonds is 3. The highest BCUT2D eigenvalue weighted by Crippen LogP contribution is 2.31. The van der Waals surface area contributed by atoms with Crippen molar-refractivity contribution >= 4 is 22.8 Å². The third kappa shape index (κ3) is 3.76. The molecule has 5 nitrogen and oxygen atoms in total. The molecule has 5 rings (SSSR count). The van der Waals surface area contributed by atoms with Crippen LogP contribution in [0.15, 0.2) is 83.7 Å². The van der Waals surface area contributed by atoms with Crippen molar-refractivity contribution in [1.29, 1.82) is 0 Å². The second-order valence-corrected chi connectivity index (χ2v) is 8.07. The van der Waals surface area contributed by atoms with E-state index in [0.717, 1.165) is 17.8 Å². The van der Waals surface area contributed by atoms with Gasteiger partial charge in [0.2, 0.25) is 0 Å². The number of imidazole rings is 1. The van der Waals surface area contributed by atoms with Crippen molar-refractivity contribution in [2.75, 3.05) is 0 Å². The van der Waals surface area contributed by atoms with Crippen molar-refractivity contribution in [3.8, 4) is 22.8 Å². The first-order valence-corrected chi connectivity index (χ1v) is 10.6. The summed E-state index contributed by atoms with van der Waals surface area (Å²) in [5, 5.41) is 0.478. The zero-order valence-corrected chi connectivity index (χ0v) is 18.5. The maximum absolute atomic E-state index is 13.7. The molecule has 2 aromatic heterocycles. The van der Waals surface area contributed by atoms with E-state index in [1.807, 2.05) is 30.3 Å². The predicted octanol–water partition coefficient (Wildman–Crippen LogP) is 6.22. The van der Waals surface area contributed by atoms with E-state index >= 15 is 0 Å². The third-order valence-electron chi connectivity index (χ3n) is 5.42. The number of alkyl halides is 3. The number of hydrogen-bond acceptors (Lipinski definition) is 3. The van der Waals surface area contributed by atoms with E-state index in [0.29, 0.717) is 27.7 Å². The Balaban J connectivity index is 1.83. The largest absolute Gasteiger partial charge is 0.416 e. The van der Waals surface area contributed by atoms with Gasteiger partial charge in [-0.25, -0.2) is 9.97 Å². The van der Waals surface area contributed by atoms with Crippen LogP contribution in [-0.2, 0) is 6.18 Å². The van der Waals surface area contributed by atoms with Gasteiger partial charge in [-0.15, -0.1) is 0 Å². The van der Waals surface area contributed by atoms with Crippen LogP contribution in [-0.4, -0.2) is 19.1 Å². The lowest BCUT2D eigenvalue weighted by atomic mass is 10.1. The number of hydrogen-bond donors (Lipinski definition) is 0. The number of halogens is 4. The maximum atomic E-state index is 13.7. The molecule has 5 aromatic rings. The average Bonchev–Trinajstić information content (AvgIpc) is 3.16. The van der Waals surface area contributed by atoms with Crippen molar-refractivity contribution in [2.24, 2.45) is 0 Å². The van der Waals surface area contributed by atoms with Crippen LogP contribution in [0.4, 0.5) is 13.2 Å². The Morgan fingerprint density at radius 1 is 0.794 bits per heavy atom. The molecule has 0 saturated carbocycles. The van der Waals surface area contributed by atoms with Crippen molar-refractivity contribution in [2.45, 2.75) is 13.1 Å². The van der Waals surface area contributed by atoms with Crippen molar-refractivity contribution in [1.82, 2.24) is 19.1 Å². The Morgan fingerprint density at radius 3 is 2.03 bits per heavy atom. The number of para-hydroxylation sites is 1. The van der Waals surface area contributed by atoms with Crippen LogP contribution in [0.25, 0.3) is 33.9 Å². The average molecular weight is 481 g/mol.